The monoisotopic (exact) mass is 612 g/mol. The van der Waals surface area contributed by atoms with Gasteiger partial charge < -0.3 is 0 Å². The summed E-state index contributed by atoms with van der Waals surface area (Å²) in [6.45, 7) is 9.05. The van der Waals surface area contributed by atoms with E-state index in [1.807, 2.05) is 0 Å². The van der Waals surface area contributed by atoms with Crippen molar-refractivity contribution in [1.29, 1.82) is 0 Å². The summed E-state index contributed by atoms with van der Waals surface area (Å²) in [5, 5.41) is 0. The number of hydrogen-bond donors (Lipinski definition) is 0. The Kier molecular flexibility index (Phi) is 13.5. The highest BCUT2D eigenvalue weighted by Crippen LogP contribution is 2.55. The van der Waals surface area contributed by atoms with Crippen molar-refractivity contribution in [2.45, 2.75) is 130 Å². The lowest BCUT2D eigenvalue weighted by Crippen LogP contribution is -2.25. The Morgan fingerprint density at radius 1 is 0.457 bits per heavy atom. The van der Waals surface area contributed by atoms with E-state index < -0.39 is 0 Å². The number of rotatable bonds is 17. The van der Waals surface area contributed by atoms with Gasteiger partial charge in [-0.2, -0.15) is 0 Å². The van der Waals surface area contributed by atoms with Crippen LogP contribution in [-0.4, -0.2) is 0 Å². The molecule has 0 bridgehead atoms. The van der Waals surface area contributed by atoms with Crippen LogP contribution in [-0.2, 0) is 5.41 Å². The van der Waals surface area contributed by atoms with Crippen molar-refractivity contribution < 1.29 is 0 Å². The molecule has 0 heteroatoms. The van der Waals surface area contributed by atoms with Crippen LogP contribution in [0, 0.1) is 13.8 Å². The molecular weight excluding hydrogens is 553 g/mol. The van der Waals surface area contributed by atoms with Gasteiger partial charge in [0.05, 0.1) is 0 Å². The summed E-state index contributed by atoms with van der Waals surface area (Å²) in [6.07, 6.45) is 23.2. The van der Waals surface area contributed by atoms with Crippen LogP contribution in [0.2, 0.25) is 0 Å². The zero-order valence-electron chi connectivity index (χ0n) is 28.6. The minimum absolute atomic E-state index is 0. The minimum atomic E-state index is 0. The topological polar surface area (TPSA) is 0 Å². The van der Waals surface area contributed by atoms with E-state index in [0.717, 1.165) is 0 Å². The zero-order valence-corrected chi connectivity index (χ0v) is 28.6. The first-order valence-corrected chi connectivity index (χ1v) is 18.2. The number of benzene rings is 4. The largest absolute Gasteiger partial charge is 0.0776 e. The predicted molar refractivity (Wildman–Crippen MR) is 206 cm³/mol. The minimum Gasteiger partial charge on any atom is -0.0776 e. The maximum atomic E-state index is 2.58. The summed E-state index contributed by atoms with van der Waals surface area (Å²) in [7, 11) is 0. The molecule has 1 aliphatic rings. The molecule has 46 heavy (non-hydrogen) atoms. The summed E-state index contributed by atoms with van der Waals surface area (Å²) in [4.78, 5) is 0. The summed E-state index contributed by atoms with van der Waals surface area (Å²) in [5.41, 5.74) is 14.1. The van der Waals surface area contributed by atoms with Gasteiger partial charge in [-0.15, -0.1) is 0 Å². The van der Waals surface area contributed by atoms with Crippen LogP contribution >= 0.6 is 0 Å². The Labute approximate surface area is 282 Å². The summed E-state index contributed by atoms with van der Waals surface area (Å²) < 4.78 is 0. The van der Waals surface area contributed by atoms with E-state index in [2.05, 4.69) is 125 Å². The van der Waals surface area contributed by atoms with Crippen LogP contribution in [0.4, 0.5) is 0 Å². The highest BCUT2D eigenvalue weighted by atomic mass is 14.4. The van der Waals surface area contributed by atoms with E-state index in [9.17, 15) is 0 Å². The molecule has 4 aromatic rings. The Hall–Kier alpha value is -3.38. The van der Waals surface area contributed by atoms with Crippen molar-refractivity contribution in [3.63, 3.8) is 0 Å². The fourth-order valence-corrected chi connectivity index (χ4v) is 7.52. The van der Waals surface area contributed by atoms with Gasteiger partial charge in [-0.1, -0.05) is 200 Å². The van der Waals surface area contributed by atoms with Crippen molar-refractivity contribution >= 4 is 12.2 Å². The van der Waals surface area contributed by atoms with E-state index in [0.29, 0.717) is 0 Å². The van der Waals surface area contributed by atoms with Gasteiger partial charge in [0.1, 0.15) is 0 Å². The molecule has 0 heterocycles. The van der Waals surface area contributed by atoms with E-state index >= 15 is 0 Å². The SMILES string of the molecule is C.CCCCCCCCC1(CCCCCCCC)c2cc(C)ccc2-c2ccc(-c3ccc(/C=C/c4ccc(C)cc4)cc3)cc21. The molecule has 0 nitrogen and oxygen atoms in total. The van der Waals surface area contributed by atoms with Gasteiger partial charge in [-0.3, -0.25) is 0 Å². The molecule has 0 N–H and O–H groups in total. The standard InChI is InChI=1S/C45H56.CH4/c1-5-7-9-11-13-15-31-45(32-16-14-12-10-8-6-2)43-33-36(4)19-29-41(43)42-30-28-40(34-44(42)45)39-26-24-38(25-27-39)23-22-37-20-17-35(3)18-21-37;/h17-30,33-34H,5-16,31-32H2,1-4H3;1H4/b23-22+;. The molecule has 5 rings (SSSR count). The first kappa shape index (κ1) is 35.5. The maximum Gasteiger partial charge on any atom is 0.0215 e. The molecule has 0 fully saturated rings. The molecule has 0 saturated carbocycles. The smallest absolute Gasteiger partial charge is 0.0215 e. The lowest BCUT2D eigenvalue weighted by atomic mass is 9.70. The number of unbranched alkanes of at least 4 members (excludes halogenated alkanes) is 10. The van der Waals surface area contributed by atoms with E-state index in [1.54, 1.807) is 11.1 Å². The van der Waals surface area contributed by atoms with Crippen LogP contribution < -0.4 is 0 Å². The van der Waals surface area contributed by atoms with Crippen LogP contribution in [0.15, 0.2) is 84.9 Å². The lowest BCUT2D eigenvalue weighted by Gasteiger charge is -2.33. The number of aryl methyl sites for hydroxylation is 2. The normalized spacial score (nSPS) is 13.0. The van der Waals surface area contributed by atoms with Gasteiger partial charge in [-0.25, -0.2) is 0 Å². The van der Waals surface area contributed by atoms with Crippen molar-refractivity contribution in [3.05, 3.63) is 118 Å². The van der Waals surface area contributed by atoms with E-state index in [4.69, 9.17) is 0 Å². The molecule has 0 radical (unpaired) electrons. The van der Waals surface area contributed by atoms with Crippen LogP contribution in [0.1, 0.15) is 145 Å². The second-order valence-corrected chi connectivity index (χ2v) is 13.8. The van der Waals surface area contributed by atoms with Crippen LogP contribution in [0.5, 0.6) is 0 Å². The Morgan fingerprint density at radius 3 is 1.46 bits per heavy atom. The number of fused-ring (bicyclic) bond motifs is 3. The average Bonchev–Trinajstić information content (AvgIpc) is 3.32. The van der Waals surface area contributed by atoms with E-state index in [-0.39, 0.29) is 12.8 Å². The highest BCUT2D eigenvalue weighted by Gasteiger charge is 2.42. The van der Waals surface area contributed by atoms with Gasteiger partial charge in [0.15, 0.2) is 0 Å². The molecule has 4 aromatic carbocycles. The molecule has 0 aromatic heterocycles. The van der Waals surface area contributed by atoms with Gasteiger partial charge in [-0.05, 0) is 77.3 Å². The lowest BCUT2D eigenvalue weighted by molar-refractivity contribution is 0.398. The Morgan fingerprint density at radius 2 is 0.891 bits per heavy atom. The molecule has 1 aliphatic carbocycles. The molecule has 0 aliphatic heterocycles. The van der Waals surface area contributed by atoms with Crippen LogP contribution in [0.25, 0.3) is 34.4 Å². The summed E-state index contributed by atoms with van der Waals surface area (Å²) in [5.74, 6) is 0. The first-order valence-electron chi connectivity index (χ1n) is 18.2. The predicted octanol–water partition coefficient (Wildman–Crippen LogP) is 14.5. The molecule has 0 amide bonds. The molecule has 0 unspecified atom stereocenters. The second kappa shape index (κ2) is 17.5. The Balaban J connectivity index is 0.00000480. The van der Waals surface area contributed by atoms with Crippen molar-refractivity contribution in [3.8, 4) is 22.3 Å². The molecule has 0 atom stereocenters. The summed E-state index contributed by atoms with van der Waals surface area (Å²) in [6, 6.07) is 32.6. The Bertz CT molecular complexity index is 1500. The quantitative estimate of drug-likeness (QED) is 0.0822. The fraction of sp³-hybridized carbons (Fsp3) is 0.435. The fourth-order valence-electron chi connectivity index (χ4n) is 7.52. The van der Waals surface area contributed by atoms with Crippen molar-refractivity contribution in [2.75, 3.05) is 0 Å². The van der Waals surface area contributed by atoms with Gasteiger partial charge in [0.2, 0.25) is 0 Å². The molecule has 244 valence electrons. The molecule has 0 saturated heterocycles. The maximum absolute atomic E-state index is 2.58. The second-order valence-electron chi connectivity index (χ2n) is 13.8. The van der Waals surface area contributed by atoms with Crippen molar-refractivity contribution in [2.24, 2.45) is 0 Å². The van der Waals surface area contributed by atoms with Gasteiger partial charge in [0.25, 0.3) is 0 Å². The summed E-state index contributed by atoms with van der Waals surface area (Å²) >= 11 is 0. The van der Waals surface area contributed by atoms with Crippen molar-refractivity contribution in [1.82, 2.24) is 0 Å². The van der Waals surface area contributed by atoms with Gasteiger partial charge in [0, 0.05) is 5.41 Å². The van der Waals surface area contributed by atoms with Gasteiger partial charge >= 0.3 is 0 Å². The number of hydrogen-bond acceptors (Lipinski definition) is 0. The highest BCUT2D eigenvalue weighted by molar-refractivity contribution is 5.84. The third kappa shape index (κ3) is 8.70. The van der Waals surface area contributed by atoms with E-state index in [1.165, 1.54) is 134 Å². The zero-order chi connectivity index (χ0) is 31.5. The first-order chi connectivity index (χ1) is 22.0. The average molecular weight is 613 g/mol. The van der Waals surface area contributed by atoms with Crippen LogP contribution in [0.3, 0.4) is 0 Å². The third-order valence-electron chi connectivity index (χ3n) is 10.2. The third-order valence-corrected chi connectivity index (χ3v) is 10.2. The molecule has 0 spiro atoms. The molecular formula is C46H60.